The summed E-state index contributed by atoms with van der Waals surface area (Å²) in [6, 6.07) is 15.6. The zero-order valence-electron chi connectivity index (χ0n) is 13.4. The Morgan fingerprint density at radius 2 is 1.88 bits per heavy atom. The Morgan fingerprint density at radius 1 is 1.20 bits per heavy atom. The largest absolute Gasteiger partial charge is 0.449 e. The van der Waals surface area contributed by atoms with Crippen molar-refractivity contribution in [3.63, 3.8) is 0 Å². The molecule has 0 aliphatic carbocycles. The summed E-state index contributed by atoms with van der Waals surface area (Å²) in [5.74, 6) is -1.20. The van der Waals surface area contributed by atoms with Gasteiger partial charge in [-0.2, -0.15) is 5.26 Å². The van der Waals surface area contributed by atoms with Gasteiger partial charge in [0, 0.05) is 11.1 Å². The number of anilines is 1. The quantitative estimate of drug-likeness (QED) is 0.654. The highest BCUT2D eigenvalue weighted by Crippen LogP contribution is 2.17. The van der Waals surface area contributed by atoms with Crippen LogP contribution in [0.4, 0.5) is 5.69 Å². The number of ether oxygens (including phenoxy) is 1. The first kappa shape index (κ1) is 18.2. The van der Waals surface area contributed by atoms with Gasteiger partial charge in [-0.1, -0.05) is 41.9 Å². The van der Waals surface area contributed by atoms with Crippen LogP contribution in [0.25, 0.3) is 6.08 Å². The molecular formula is C19H15ClN2O3. The van der Waals surface area contributed by atoms with Gasteiger partial charge in [0.05, 0.1) is 11.3 Å². The molecule has 126 valence electrons. The van der Waals surface area contributed by atoms with Crippen molar-refractivity contribution >= 4 is 35.2 Å². The van der Waals surface area contributed by atoms with Gasteiger partial charge in [0.2, 0.25) is 0 Å². The normalized spacial score (nSPS) is 11.6. The van der Waals surface area contributed by atoms with E-state index in [4.69, 9.17) is 21.6 Å². The average Bonchev–Trinajstić information content (AvgIpc) is 2.61. The summed E-state index contributed by atoms with van der Waals surface area (Å²) in [5.41, 5.74) is 1.36. The number of esters is 1. The average molecular weight is 355 g/mol. The van der Waals surface area contributed by atoms with Crippen LogP contribution in [0.5, 0.6) is 0 Å². The zero-order chi connectivity index (χ0) is 18.2. The fourth-order valence-corrected chi connectivity index (χ4v) is 2.16. The minimum atomic E-state index is -1.02. The number of benzene rings is 2. The smallest absolute Gasteiger partial charge is 0.331 e. The molecule has 25 heavy (non-hydrogen) atoms. The lowest BCUT2D eigenvalue weighted by Gasteiger charge is -2.13. The molecule has 0 aliphatic rings. The van der Waals surface area contributed by atoms with Gasteiger partial charge in [-0.05, 0) is 36.8 Å². The molecule has 0 aliphatic heterocycles. The van der Waals surface area contributed by atoms with Crippen molar-refractivity contribution < 1.29 is 14.3 Å². The van der Waals surface area contributed by atoms with Crippen molar-refractivity contribution in [2.24, 2.45) is 0 Å². The molecule has 0 unspecified atom stereocenters. The molecule has 1 amide bonds. The first-order chi connectivity index (χ1) is 12.0. The molecule has 0 heterocycles. The number of nitrogens with zero attached hydrogens (tertiary/aromatic N) is 1. The van der Waals surface area contributed by atoms with E-state index in [1.165, 1.54) is 19.1 Å². The van der Waals surface area contributed by atoms with E-state index in [1.54, 1.807) is 48.5 Å². The summed E-state index contributed by atoms with van der Waals surface area (Å²) in [7, 11) is 0. The van der Waals surface area contributed by atoms with Gasteiger partial charge in [-0.25, -0.2) is 4.79 Å². The SMILES string of the molecule is C[C@H](OC(=O)/C=C/c1ccccc1Cl)C(=O)Nc1ccccc1C#N. The lowest BCUT2D eigenvalue weighted by molar-refractivity contribution is -0.148. The number of para-hydroxylation sites is 1. The van der Waals surface area contributed by atoms with Crippen molar-refractivity contribution in [1.29, 1.82) is 5.26 Å². The summed E-state index contributed by atoms with van der Waals surface area (Å²) < 4.78 is 5.06. The van der Waals surface area contributed by atoms with Crippen LogP contribution in [-0.2, 0) is 14.3 Å². The molecule has 5 nitrogen and oxygen atoms in total. The van der Waals surface area contributed by atoms with Gasteiger partial charge >= 0.3 is 5.97 Å². The number of halogens is 1. The summed E-state index contributed by atoms with van der Waals surface area (Å²) >= 11 is 5.99. The second kappa shape index (κ2) is 8.67. The van der Waals surface area contributed by atoms with Crippen LogP contribution < -0.4 is 5.32 Å². The number of rotatable bonds is 5. The maximum Gasteiger partial charge on any atom is 0.331 e. The van der Waals surface area contributed by atoms with Crippen LogP contribution in [0.1, 0.15) is 18.1 Å². The third-order valence-electron chi connectivity index (χ3n) is 3.27. The van der Waals surface area contributed by atoms with Gasteiger partial charge in [0.15, 0.2) is 6.10 Å². The molecule has 0 fully saturated rings. The molecule has 6 heteroatoms. The monoisotopic (exact) mass is 354 g/mol. The Hall–Kier alpha value is -3.10. The third-order valence-corrected chi connectivity index (χ3v) is 3.62. The Bertz CT molecular complexity index is 856. The maximum absolute atomic E-state index is 12.1. The Morgan fingerprint density at radius 3 is 2.60 bits per heavy atom. The highest BCUT2D eigenvalue weighted by Gasteiger charge is 2.17. The second-order valence-corrected chi connectivity index (χ2v) is 5.49. The van der Waals surface area contributed by atoms with Crippen LogP contribution in [0, 0.1) is 11.3 Å². The Balaban J connectivity index is 1.95. The number of nitriles is 1. The minimum Gasteiger partial charge on any atom is -0.449 e. The topological polar surface area (TPSA) is 79.2 Å². The highest BCUT2D eigenvalue weighted by molar-refractivity contribution is 6.32. The molecule has 2 aromatic carbocycles. The molecule has 0 spiro atoms. The molecule has 2 rings (SSSR count). The summed E-state index contributed by atoms with van der Waals surface area (Å²) in [4.78, 5) is 23.9. The highest BCUT2D eigenvalue weighted by atomic mass is 35.5. The summed E-state index contributed by atoms with van der Waals surface area (Å²) in [5, 5.41) is 12.1. The predicted octanol–water partition coefficient (Wildman–Crippen LogP) is 3.80. The first-order valence-electron chi connectivity index (χ1n) is 7.44. The summed E-state index contributed by atoms with van der Waals surface area (Å²) in [6.07, 6.45) is 1.70. The van der Waals surface area contributed by atoms with Gasteiger partial charge in [-0.15, -0.1) is 0 Å². The summed E-state index contributed by atoms with van der Waals surface area (Å²) in [6.45, 7) is 1.45. The molecule has 0 saturated carbocycles. The number of nitrogens with one attached hydrogen (secondary N) is 1. The van der Waals surface area contributed by atoms with E-state index < -0.39 is 18.0 Å². The number of carbonyl (C=O) groups excluding carboxylic acids is 2. The third kappa shape index (κ3) is 5.20. The molecule has 0 saturated heterocycles. The van der Waals surface area contributed by atoms with Gasteiger partial charge in [-0.3, -0.25) is 4.79 Å². The number of hydrogen-bond acceptors (Lipinski definition) is 4. The first-order valence-corrected chi connectivity index (χ1v) is 7.82. The molecule has 2 aromatic rings. The lowest BCUT2D eigenvalue weighted by atomic mass is 10.2. The van der Waals surface area contributed by atoms with Crippen molar-refractivity contribution in [3.8, 4) is 6.07 Å². The van der Waals surface area contributed by atoms with E-state index >= 15 is 0 Å². The number of carbonyl (C=O) groups is 2. The number of amides is 1. The van der Waals surface area contributed by atoms with E-state index in [-0.39, 0.29) is 0 Å². The molecule has 0 aromatic heterocycles. The van der Waals surface area contributed by atoms with E-state index in [2.05, 4.69) is 5.32 Å². The second-order valence-electron chi connectivity index (χ2n) is 5.08. The van der Waals surface area contributed by atoms with E-state index in [0.29, 0.717) is 21.8 Å². The molecule has 0 bridgehead atoms. The Labute approximate surface area is 150 Å². The van der Waals surface area contributed by atoms with Crippen molar-refractivity contribution in [1.82, 2.24) is 0 Å². The molecule has 0 radical (unpaired) electrons. The van der Waals surface area contributed by atoms with Gasteiger partial charge in [0.1, 0.15) is 6.07 Å². The van der Waals surface area contributed by atoms with Crippen molar-refractivity contribution in [2.75, 3.05) is 5.32 Å². The fraction of sp³-hybridized carbons (Fsp3) is 0.105. The van der Waals surface area contributed by atoms with Crippen LogP contribution >= 0.6 is 11.6 Å². The molecule has 1 atom stereocenters. The maximum atomic E-state index is 12.1. The minimum absolute atomic E-state index is 0.327. The van der Waals surface area contributed by atoms with E-state index in [9.17, 15) is 9.59 Å². The van der Waals surface area contributed by atoms with Crippen LogP contribution in [-0.4, -0.2) is 18.0 Å². The van der Waals surface area contributed by atoms with Crippen LogP contribution in [0.15, 0.2) is 54.6 Å². The van der Waals surface area contributed by atoms with Crippen molar-refractivity contribution in [3.05, 3.63) is 70.8 Å². The molecule has 1 N–H and O–H groups in total. The lowest BCUT2D eigenvalue weighted by Crippen LogP contribution is -2.29. The van der Waals surface area contributed by atoms with Crippen LogP contribution in [0.2, 0.25) is 5.02 Å². The van der Waals surface area contributed by atoms with Crippen molar-refractivity contribution in [2.45, 2.75) is 13.0 Å². The molecular weight excluding hydrogens is 340 g/mol. The Kier molecular flexibility index (Phi) is 6.33. The van der Waals surface area contributed by atoms with E-state index in [1.807, 2.05) is 6.07 Å². The van der Waals surface area contributed by atoms with E-state index in [0.717, 1.165) is 0 Å². The zero-order valence-corrected chi connectivity index (χ0v) is 14.2. The van der Waals surface area contributed by atoms with Crippen LogP contribution in [0.3, 0.4) is 0 Å². The van der Waals surface area contributed by atoms with Gasteiger partial charge in [0.25, 0.3) is 5.91 Å². The number of hydrogen-bond donors (Lipinski definition) is 1. The fourth-order valence-electron chi connectivity index (χ4n) is 1.96. The standard InChI is InChI=1S/C19H15ClN2O3/c1-13(19(24)22-17-9-5-3-7-15(17)12-21)25-18(23)11-10-14-6-2-4-8-16(14)20/h2-11,13H,1H3,(H,22,24)/b11-10+/t13-/m0/s1. The van der Waals surface area contributed by atoms with Gasteiger partial charge < -0.3 is 10.1 Å². The predicted molar refractivity (Wildman–Crippen MR) is 95.8 cm³/mol.